The van der Waals surface area contributed by atoms with Crippen LogP contribution < -0.4 is 5.32 Å². The first-order chi connectivity index (χ1) is 8.85. The van der Waals surface area contributed by atoms with Gasteiger partial charge in [-0.05, 0) is 19.8 Å². The lowest BCUT2D eigenvalue weighted by Gasteiger charge is -2.35. The van der Waals surface area contributed by atoms with E-state index in [2.05, 4.69) is 5.32 Å². The van der Waals surface area contributed by atoms with Gasteiger partial charge in [0.15, 0.2) is 0 Å². The Labute approximate surface area is 117 Å². The van der Waals surface area contributed by atoms with Gasteiger partial charge in [-0.25, -0.2) is 4.79 Å². The molecule has 0 amide bonds. The van der Waals surface area contributed by atoms with Gasteiger partial charge in [0, 0.05) is 10.9 Å². The molecule has 0 unspecified atom stereocenters. The Morgan fingerprint density at radius 3 is 2.47 bits per heavy atom. The average Bonchev–Trinajstić information content (AvgIpc) is 2.56. The standard InChI is InChI=1S/C13H19NO4S/c1-6-9(12(16)18-5)13(3)14-7(2)8(10(6)19-13)11(15)17-4/h6,9-10,14H,1-5H3/t6-,9+,10-,13-/m1/s1. The van der Waals surface area contributed by atoms with Crippen LogP contribution >= 0.6 is 11.8 Å². The van der Waals surface area contributed by atoms with Crippen molar-refractivity contribution in [2.75, 3.05) is 14.2 Å². The van der Waals surface area contributed by atoms with Crippen molar-refractivity contribution < 1.29 is 19.1 Å². The van der Waals surface area contributed by atoms with Crippen molar-refractivity contribution in [3.8, 4) is 0 Å². The van der Waals surface area contributed by atoms with Crippen LogP contribution in [-0.4, -0.2) is 36.3 Å². The highest BCUT2D eigenvalue weighted by Crippen LogP contribution is 2.55. The second-order valence-electron chi connectivity index (χ2n) is 5.16. The van der Waals surface area contributed by atoms with Gasteiger partial charge in [0.1, 0.15) is 0 Å². The van der Waals surface area contributed by atoms with Gasteiger partial charge in [0.05, 0.1) is 30.6 Å². The lowest BCUT2D eigenvalue weighted by atomic mass is 9.85. The molecule has 1 fully saturated rings. The van der Waals surface area contributed by atoms with E-state index in [1.54, 1.807) is 11.8 Å². The van der Waals surface area contributed by atoms with Crippen LogP contribution in [0.4, 0.5) is 0 Å². The lowest BCUT2D eigenvalue weighted by Crippen LogP contribution is -2.47. The molecular weight excluding hydrogens is 266 g/mol. The Bertz CT molecular complexity index is 462. The maximum atomic E-state index is 12.0. The Hall–Kier alpha value is -1.17. The van der Waals surface area contributed by atoms with Crippen molar-refractivity contribution in [1.82, 2.24) is 5.32 Å². The molecule has 0 aromatic rings. The second kappa shape index (κ2) is 4.74. The zero-order valence-electron chi connectivity index (χ0n) is 11.8. The third-order valence-corrected chi connectivity index (χ3v) is 5.72. The van der Waals surface area contributed by atoms with Gasteiger partial charge < -0.3 is 14.8 Å². The molecule has 1 N–H and O–H groups in total. The molecular formula is C13H19NO4S. The van der Waals surface area contributed by atoms with E-state index in [-0.39, 0.29) is 29.0 Å². The first-order valence-electron chi connectivity index (χ1n) is 6.18. The molecule has 2 bridgehead atoms. The predicted molar refractivity (Wildman–Crippen MR) is 72.3 cm³/mol. The van der Waals surface area contributed by atoms with Gasteiger partial charge in [-0.2, -0.15) is 0 Å². The summed E-state index contributed by atoms with van der Waals surface area (Å²) < 4.78 is 9.76. The van der Waals surface area contributed by atoms with E-state index in [0.717, 1.165) is 5.70 Å². The molecule has 6 heteroatoms. The molecule has 5 nitrogen and oxygen atoms in total. The summed E-state index contributed by atoms with van der Waals surface area (Å²) in [5, 5.41) is 3.25. The first-order valence-corrected chi connectivity index (χ1v) is 7.06. The van der Waals surface area contributed by atoms with Crippen LogP contribution in [0, 0.1) is 11.8 Å². The predicted octanol–water partition coefficient (Wildman–Crippen LogP) is 1.29. The third kappa shape index (κ3) is 2.02. The molecule has 2 heterocycles. The number of nitrogens with one attached hydrogen (secondary N) is 1. The minimum Gasteiger partial charge on any atom is -0.469 e. The van der Waals surface area contributed by atoms with Crippen LogP contribution in [0.3, 0.4) is 0 Å². The normalized spacial score (nSPS) is 36.8. The monoisotopic (exact) mass is 285 g/mol. The summed E-state index contributed by atoms with van der Waals surface area (Å²) in [6.07, 6.45) is 0. The van der Waals surface area contributed by atoms with E-state index in [9.17, 15) is 9.59 Å². The van der Waals surface area contributed by atoms with Crippen LogP contribution in [0.1, 0.15) is 20.8 Å². The van der Waals surface area contributed by atoms with Crippen molar-refractivity contribution in [2.45, 2.75) is 30.9 Å². The second-order valence-corrected chi connectivity index (χ2v) is 6.75. The van der Waals surface area contributed by atoms with Crippen LogP contribution in [0.15, 0.2) is 11.3 Å². The van der Waals surface area contributed by atoms with Crippen LogP contribution in [-0.2, 0) is 19.1 Å². The highest BCUT2D eigenvalue weighted by molar-refractivity contribution is 8.01. The molecule has 19 heavy (non-hydrogen) atoms. The van der Waals surface area contributed by atoms with Crippen LogP contribution in [0.2, 0.25) is 0 Å². The quantitative estimate of drug-likeness (QED) is 0.771. The number of methoxy groups -OCH3 is 2. The molecule has 2 rings (SSSR count). The molecule has 4 atom stereocenters. The number of fused-ring (bicyclic) bond motifs is 2. The molecule has 106 valence electrons. The minimum absolute atomic E-state index is 0.0153. The van der Waals surface area contributed by atoms with Gasteiger partial charge in [-0.1, -0.05) is 6.92 Å². The van der Waals surface area contributed by atoms with Gasteiger partial charge in [-0.15, -0.1) is 11.8 Å². The fourth-order valence-corrected chi connectivity index (χ4v) is 5.11. The molecule has 2 aliphatic rings. The number of allylic oxidation sites excluding steroid dienone is 1. The summed E-state index contributed by atoms with van der Waals surface area (Å²) >= 11 is 1.60. The number of hydrogen-bond acceptors (Lipinski definition) is 6. The van der Waals surface area contributed by atoms with E-state index < -0.39 is 4.87 Å². The van der Waals surface area contributed by atoms with Crippen LogP contribution in [0.25, 0.3) is 0 Å². The van der Waals surface area contributed by atoms with Crippen LogP contribution in [0.5, 0.6) is 0 Å². The molecule has 0 spiro atoms. The minimum atomic E-state index is -0.432. The first kappa shape index (κ1) is 14.2. The highest BCUT2D eigenvalue weighted by atomic mass is 32.2. The van der Waals surface area contributed by atoms with E-state index in [4.69, 9.17) is 9.47 Å². The summed E-state index contributed by atoms with van der Waals surface area (Å²) in [7, 11) is 2.77. The highest BCUT2D eigenvalue weighted by Gasteiger charge is 2.58. The number of rotatable bonds is 2. The molecule has 0 aromatic carbocycles. The van der Waals surface area contributed by atoms with Crippen molar-refractivity contribution in [1.29, 1.82) is 0 Å². The SMILES string of the molecule is COC(=O)C1=C(C)N[C@]2(C)S[C@@H]1[C@H](C)[C@H]2C(=O)OC. The average molecular weight is 285 g/mol. The summed E-state index contributed by atoms with van der Waals surface area (Å²) in [5.41, 5.74) is 1.42. The molecule has 1 saturated heterocycles. The largest absolute Gasteiger partial charge is 0.469 e. The van der Waals surface area contributed by atoms with Gasteiger partial charge >= 0.3 is 11.9 Å². The Balaban J connectivity index is 2.42. The molecule has 0 aliphatic carbocycles. The Morgan fingerprint density at radius 2 is 1.95 bits per heavy atom. The van der Waals surface area contributed by atoms with Gasteiger partial charge in [0.2, 0.25) is 0 Å². The number of carbonyl (C=O) groups is 2. The molecule has 0 radical (unpaired) electrons. The van der Waals surface area contributed by atoms with Crippen molar-refractivity contribution in [2.24, 2.45) is 11.8 Å². The molecule has 0 saturated carbocycles. The topological polar surface area (TPSA) is 64.6 Å². The number of thioether (sulfide) groups is 1. The van der Waals surface area contributed by atoms with Crippen molar-refractivity contribution in [3.05, 3.63) is 11.3 Å². The number of esters is 2. The fraction of sp³-hybridized carbons (Fsp3) is 0.692. The molecule has 2 aliphatic heterocycles. The summed E-state index contributed by atoms with van der Waals surface area (Å²) in [6.45, 7) is 5.81. The summed E-state index contributed by atoms with van der Waals surface area (Å²) in [4.78, 5) is 23.5. The summed E-state index contributed by atoms with van der Waals surface area (Å²) in [5.74, 6) is -0.843. The van der Waals surface area contributed by atoms with E-state index in [0.29, 0.717) is 5.57 Å². The maximum Gasteiger partial charge on any atom is 0.336 e. The number of hydrogen-bond donors (Lipinski definition) is 1. The van der Waals surface area contributed by atoms with E-state index in [1.165, 1.54) is 14.2 Å². The summed E-state index contributed by atoms with van der Waals surface area (Å²) in [6, 6.07) is 0. The van der Waals surface area contributed by atoms with Crippen molar-refractivity contribution in [3.63, 3.8) is 0 Å². The number of ether oxygens (including phenoxy) is 2. The Morgan fingerprint density at radius 1 is 1.32 bits per heavy atom. The van der Waals surface area contributed by atoms with E-state index in [1.807, 2.05) is 20.8 Å². The van der Waals surface area contributed by atoms with Gasteiger partial charge in [-0.3, -0.25) is 4.79 Å². The fourth-order valence-electron chi connectivity index (χ4n) is 3.15. The zero-order chi connectivity index (χ0) is 14.4. The lowest BCUT2D eigenvalue weighted by molar-refractivity contribution is -0.148. The number of carbonyl (C=O) groups excluding carboxylic acids is 2. The maximum absolute atomic E-state index is 12.0. The van der Waals surface area contributed by atoms with E-state index >= 15 is 0 Å². The van der Waals surface area contributed by atoms with Crippen molar-refractivity contribution >= 4 is 23.7 Å². The Kier molecular flexibility index (Phi) is 3.55. The third-order valence-electron chi connectivity index (χ3n) is 3.95. The van der Waals surface area contributed by atoms with Gasteiger partial charge in [0.25, 0.3) is 0 Å². The zero-order valence-corrected chi connectivity index (χ0v) is 12.6. The molecule has 0 aromatic heterocycles. The smallest absolute Gasteiger partial charge is 0.336 e.